The largest absolute Gasteiger partial charge is 0.460 e. The molecule has 0 aromatic heterocycles. The third kappa shape index (κ3) is 5.83. The molecule has 0 unspecified atom stereocenters. The number of rotatable bonds is 4. The summed E-state index contributed by atoms with van der Waals surface area (Å²) in [5.41, 5.74) is -0.402. The average Bonchev–Trinajstić information content (AvgIpc) is 2.25. The molecule has 0 aliphatic carbocycles. The first-order chi connectivity index (χ1) is 8.28. The van der Waals surface area contributed by atoms with Crippen LogP contribution in [0.2, 0.25) is 0 Å². The van der Waals surface area contributed by atoms with Crippen LogP contribution in [0.25, 0.3) is 0 Å². The van der Waals surface area contributed by atoms with Gasteiger partial charge in [-0.2, -0.15) is 0 Å². The Morgan fingerprint density at radius 3 is 2.44 bits per heavy atom. The van der Waals surface area contributed by atoms with E-state index in [1.807, 2.05) is 27.7 Å². The van der Waals surface area contributed by atoms with Gasteiger partial charge in [-0.3, -0.25) is 4.79 Å². The third-order valence-electron chi connectivity index (χ3n) is 3.24. The molecule has 1 rings (SSSR count). The predicted molar refractivity (Wildman–Crippen MR) is 71.3 cm³/mol. The van der Waals surface area contributed by atoms with Crippen LogP contribution in [0.4, 0.5) is 0 Å². The summed E-state index contributed by atoms with van der Waals surface area (Å²) < 4.78 is 5.36. The zero-order valence-corrected chi connectivity index (χ0v) is 12.1. The van der Waals surface area contributed by atoms with Gasteiger partial charge >= 0.3 is 5.97 Å². The third-order valence-corrected chi connectivity index (χ3v) is 3.24. The van der Waals surface area contributed by atoms with Crippen molar-refractivity contribution in [1.29, 1.82) is 0 Å². The van der Waals surface area contributed by atoms with E-state index in [4.69, 9.17) is 4.74 Å². The zero-order chi connectivity index (χ0) is 13.8. The molecular weight excluding hydrogens is 230 g/mol. The van der Waals surface area contributed by atoms with Gasteiger partial charge in [-0.05, 0) is 46.6 Å². The van der Waals surface area contributed by atoms with Crippen LogP contribution in [0.5, 0.6) is 0 Å². The molecule has 4 heteroatoms. The molecule has 1 aliphatic rings. The number of nitrogens with zero attached hydrogens (tertiary/aromatic N) is 1. The van der Waals surface area contributed by atoms with Crippen LogP contribution >= 0.6 is 0 Å². The molecule has 0 bridgehead atoms. The van der Waals surface area contributed by atoms with Gasteiger partial charge in [0.05, 0.1) is 12.0 Å². The lowest BCUT2D eigenvalue weighted by Gasteiger charge is -2.30. The molecule has 0 radical (unpaired) electrons. The molecule has 0 amide bonds. The van der Waals surface area contributed by atoms with Crippen LogP contribution in [-0.4, -0.2) is 47.3 Å². The fraction of sp³-hybridized carbons (Fsp3) is 0.929. The van der Waals surface area contributed by atoms with Gasteiger partial charge in [0, 0.05) is 13.1 Å². The van der Waals surface area contributed by atoms with E-state index in [2.05, 4.69) is 4.90 Å². The Balaban J connectivity index is 2.24. The SMILES string of the molecule is C[C@@H](CCN1CCC(O)CC1)C(=O)OC(C)(C)C. The number of carbonyl (C=O) groups excluding carboxylic acids is 1. The summed E-state index contributed by atoms with van der Waals surface area (Å²) in [6.07, 6.45) is 2.39. The summed E-state index contributed by atoms with van der Waals surface area (Å²) in [6, 6.07) is 0. The van der Waals surface area contributed by atoms with Crippen LogP contribution in [0, 0.1) is 5.92 Å². The van der Waals surface area contributed by atoms with Gasteiger partial charge in [0.2, 0.25) is 0 Å². The van der Waals surface area contributed by atoms with Gasteiger partial charge in [0.1, 0.15) is 5.60 Å². The van der Waals surface area contributed by atoms with Crippen molar-refractivity contribution >= 4 is 5.97 Å². The number of piperidine rings is 1. The minimum absolute atomic E-state index is 0.0592. The van der Waals surface area contributed by atoms with E-state index in [0.29, 0.717) is 0 Å². The first-order valence-electron chi connectivity index (χ1n) is 6.91. The lowest BCUT2D eigenvalue weighted by atomic mass is 10.0. The Bertz CT molecular complexity index is 265. The van der Waals surface area contributed by atoms with Gasteiger partial charge in [-0.25, -0.2) is 0 Å². The zero-order valence-electron chi connectivity index (χ0n) is 12.1. The van der Waals surface area contributed by atoms with Gasteiger partial charge in [0.15, 0.2) is 0 Å². The highest BCUT2D eigenvalue weighted by Gasteiger charge is 2.23. The minimum atomic E-state index is -0.402. The smallest absolute Gasteiger partial charge is 0.309 e. The minimum Gasteiger partial charge on any atom is -0.460 e. The van der Waals surface area contributed by atoms with Crippen molar-refractivity contribution < 1.29 is 14.6 Å². The molecule has 1 atom stereocenters. The van der Waals surface area contributed by atoms with Crippen molar-refractivity contribution in [1.82, 2.24) is 4.90 Å². The Hall–Kier alpha value is -0.610. The number of aliphatic hydroxyl groups excluding tert-OH is 1. The maximum atomic E-state index is 11.8. The molecule has 1 saturated heterocycles. The molecule has 1 fully saturated rings. The Morgan fingerprint density at radius 1 is 1.39 bits per heavy atom. The number of carbonyl (C=O) groups is 1. The van der Waals surface area contributed by atoms with Gasteiger partial charge < -0.3 is 14.7 Å². The van der Waals surface area contributed by atoms with Gasteiger partial charge in [-0.15, -0.1) is 0 Å². The van der Waals surface area contributed by atoms with Crippen molar-refractivity contribution in [3.05, 3.63) is 0 Å². The van der Waals surface area contributed by atoms with E-state index in [0.717, 1.165) is 38.9 Å². The molecule has 4 nitrogen and oxygen atoms in total. The predicted octanol–water partition coefficient (Wildman–Crippen LogP) is 1.81. The van der Waals surface area contributed by atoms with E-state index < -0.39 is 5.60 Å². The molecule has 18 heavy (non-hydrogen) atoms. The molecule has 0 aromatic rings. The Kier molecular flexibility index (Phi) is 5.60. The number of hydrogen-bond acceptors (Lipinski definition) is 4. The van der Waals surface area contributed by atoms with Crippen molar-refractivity contribution in [3.63, 3.8) is 0 Å². The summed E-state index contributed by atoms with van der Waals surface area (Å²) in [5, 5.41) is 9.42. The van der Waals surface area contributed by atoms with Crippen molar-refractivity contribution in [2.45, 2.75) is 58.7 Å². The first kappa shape index (κ1) is 15.4. The Labute approximate surface area is 110 Å². The van der Waals surface area contributed by atoms with E-state index in [1.54, 1.807) is 0 Å². The maximum absolute atomic E-state index is 11.8. The van der Waals surface area contributed by atoms with Crippen LogP contribution in [0.15, 0.2) is 0 Å². The molecule has 1 N–H and O–H groups in total. The Morgan fingerprint density at radius 2 is 1.94 bits per heavy atom. The summed E-state index contributed by atoms with van der Waals surface area (Å²) in [7, 11) is 0. The van der Waals surface area contributed by atoms with Crippen molar-refractivity contribution in [3.8, 4) is 0 Å². The number of hydrogen-bond donors (Lipinski definition) is 1. The van der Waals surface area contributed by atoms with Gasteiger partial charge in [-0.1, -0.05) is 6.92 Å². The topological polar surface area (TPSA) is 49.8 Å². The number of likely N-dealkylation sites (tertiary alicyclic amines) is 1. The first-order valence-corrected chi connectivity index (χ1v) is 6.91. The molecule has 106 valence electrons. The standard InChI is InChI=1S/C14H27NO3/c1-11(13(17)18-14(2,3)4)5-8-15-9-6-12(16)7-10-15/h11-12,16H,5-10H2,1-4H3/t11-/m0/s1. The highest BCUT2D eigenvalue weighted by Crippen LogP contribution is 2.15. The van der Waals surface area contributed by atoms with Crippen molar-refractivity contribution in [2.24, 2.45) is 5.92 Å². The molecule has 0 aromatic carbocycles. The lowest BCUT2D eigenvalue weighted by molar-refractivity contribution is -0.159. The van der Waals surface area contributed by atoms with E-state index in [1.165, 1.54) is 0 Å². The molecule has 1 heterocycles. The summed E-state index contributed by atoms with van der Waals surface area (Å²) in [6.45, 7) is 10.4. The van der Waals surface area contributed by atoms with E-state index in [-0.39, 0.29) is 18.0 Å². The second-order valence-corrected chi connectivity index (χ2v) is 6.30. The normalized spacial score (nSPS) is 20.7. The second kappa shape index (κ2) is 6.53. The highest BCUT2D eigenvalue weighted by molar-refractivity contribution is 5.72. The quantitative estimate of drug-likeness (QED) is 0.780. The molecule has 1 aliphatic heterocycles. The maximum Gasteiger partial charge on any atom is 0.309 e. The molecule has 0 saturated carbocycles. The molecule has 0 spiro atoms. The lowest BCUT2D eigenvalue weighted by Crippen LogP contribution is -2.37. The van der Waals surface area contributed by atoms with Crippen LogP contribution in [0.3, 0.4) is 0 Å². The van der Waals surface area contributed by atoms with Crippen LogP contribution < -0.4 is 0 Å². The average molecular weight is 257 g/mol. The fourth-order valence-electron chi connectivity index (χ4n) is 2.04. The van der Waals surface area contributed by atoms with Crippen molar-refractivity contribution in [2.75, 3.05) is 19.6 Å². The van der Waals surface area contributed by atoms with E-state index >= 15 is 0 Å². The summed E-state index contributed by atoms with van der Waals surface area (Å²) in [4.78, 5) is 14.1. The molecular formula is C14H27NO3. The second-order valence-electron chi connectivity index (χ2n) is 6.30. The number of aliphatic hydroxyl groups is 1. The number of esters is 1. The van der Waals surface area contributed by atoms with E-state index in [9.17, 15) is 9.90 Å². The fourth-order valence-corrected chi connectivity index (χ4v) is 2.04. The highest BCUT2D eigenvalue weighted by atomic mass is 16.6. The monoisotopic (exact) mass is 257 g/mol. The van der Waals surface area contributed by atoms with Crippen LogP contribution in [0.1, 0.15) is 47.0 Å². The summed E-state index contributed by atoms with van der Waals surface area (Å²) in [5.74, 6) is -0.171. The van der Waals surface area contributed by atoms with Gasteiger partial charge in [0.25, 0.3) is 0 Å². The number of ether oxygens (including phenoxy) is 1. The van der Waals surface area contributed by atoms with Crippen LogP contribution in [-0.2, 0) is 9.53 Å². The summed E-state index contributed by atoms with van der Waals surface area (Å²) >= 11 is 0.